The predicted molar refractivity (Wildman–Crippen MR) is 109 cm³/mol. The highest BCUT2D eigenvalue weighted by Crippen LogP contribution is 2.29. The van der Waals surface area contributed by atoms with Gasteiger partial charge in [-0.1, -0.05) is 18.2 Å². The van der Waals surface area contributed by atoms with E-state index in [0.717, 1.165) is 24.5 Å². The number of para-hydroxylation sites is 3. The third kappa shape index (κ3) is 4.43. The second-order valence-electron chi connectivity index (χ2n) is 6.68. The molecule has 8 heteroatoms. The highest BCUT2D eigenvalue weighted by Gasteiger charge is 2.16. The number of hydrogen-bond acceptors (Lipinski definition) is 6. The van der Waals surface area contributed by atoms with Crippen LogP contribution in [0.25, 0.3) is 0 Å². The molecule has 0 unspecified atom stereocenters. The molecule has 2 heterocycles. The molecule has 6 nitrogen and oxygen atoms in total. The maximum absolute atomic E-state index is 14.0. The van der Waals surface area contributed by atoms with Crippen molar-refractivity contribution in [3.63, 3.8) is 0 Å². The lowest BCUT2D eigenvalue weighted by Crippen LogP contribution is -2.36. The molecule has 0 spiro atoms. The lowest BCUT2D eigenvalue weighted by atomic mass is 10.2. The molecular weight excluding hydrogens is 376 g/mol. The Balaban J connectivity index is 1.61. The summed E-state index contributed by atoms with van der Waals surface area (Å²) in [5.74, 6) is -0.776. The number of nitrogens with one attached hydrogen (secondary N) is 2. The molecule has 150 valence electrons. The summed E-state index contributed by atoms with van der Waals surface area (Å²) in [6.45, 7) is 4.78. The summed E-state index contributed by atoms with van der Waals surface area (Å²) in [7, 11) is 0. The van der Waals surface area contributed by atoms with Crippen LogP contribution in [-0.2, 0) is 4.74 Å². The highest BCUT2D eigenvalue weighted by molar-refractivity contribution is 5.74. The lowest BCUT2D eigenvalue weighted by Gasteiger charge is -2.30. The minimum atomic E-state index is -0.706. The third-order valence-electron chi connectivity index (χ3n) is 4.57. The molecule has 0 amide bonds. The second-order valence-corrected chi connectivity index (χ2v) is 6.68. The molecule has 0 bridgehead atoms. The standard InChI is InChI=1S/C21H21F2N5O/c1-14-13-19(26-21(24-14)27-20-15(22)5-4-6-16(20)23)25-17-7-2-3-8-18(17)28-9-11-29-12-10-28/h2-8,13H,9-12H2,1H3,(H2,24,25,26,27). The third-order valence-corrected chi connectivity index (χ3v) is 4.57. The van der Waals surface area contributed by atoms with Crippen LogP contribution in [0.15, 0.2) is 48.5 Å². The fourth-order valence-electron chi connectivity index (χ4n) is 3.21. The first-order chi connectivity index (χ1) is 14.1. The van der Waals surface area contributed by atoms with E-state index in [2.05, 4.69) is 25.5 Å². The summed E-state index contributed by atoms with van der Waals surface area (Å²) >= 11 is 0. The van der Waals surface area contributed by atoms with Crippen LogP contribution >= 0.6 is 0 Å². The Hall–Kier alpha value is -3.26. The van der Waals surface area contributed by atoms with Gasteiger partial charge in [-0.3, -0.25) is 0 Å². The molecule has 0 aliphatic carbocycles. The molecule has 4 rings (SSSR count). The molecule has 29 heavy (non-hydrogen) atoms. The fourth-order valence-corrected chi connectivity index (χ4v) is 3.21. The van der Waals surface area contributed by atoms with Crippen molar-refractivity contribution in [1.29, 1.82) is 0 Å². The quantitative estimate of drug-likeness (QED) is 0.666. The predicted octanol–water partition coefficient (Wildman–Crippen LogP) is 4.39. The molecule has 3 aromatic rings. The molecule has 2 N–H and O–H groups in total. The van der Waals surface area contributed by atoms with Crippen molar-refractivity contribution in [2.75, 3.05) is 41.8 Å². The molecule has 1 saturated heterocycles. The average molecular weight is 397 g/mol. The van der Waals surface area contributed by atoms with Crippen molar-refractivity contribution < 1.29 is 13.5 Å². The first-order valence-corrected chi connectivity index (χ1v) is 9.35. The van der Waals surface area contributed by atoms with Gasteiger partial charge in [-0.15, -0.1) is 0 Å². The van der Waals surface area contributed by atoms with E-state index in [1.54, 1.807) is 13.0 Å². The molecule has 0 saturated carbocycles. The van der Waals surface area contributed by atoms with E-state index in [-0.39, 0.29) is 11.6 Å². The molecule has 1 aromatic heterocycles. The first kappa shape index (κ1) is 19.1. The largest absolute Gasteiger partial charge is 0.378 e. The zero-order chi connectivity index (χ0) is 20.2. The summed E-state index contributed by atoms with van der Waals surface area (Å²) in [4.78, 5) is 10.9. The number of anilines is 5. The van der Waals surface area contributed by atoms with Gasteiger partial charge < -0.3 is 20.3 Å². The van der Waals surface area contributed by atoms with Crippen molar-refractivity contribution in [3.05, 3.63) is 65.9 Å². The summed E-state index contributed by atoms with van der Waals surface area (Å²) in [6.07, 6.45) is 0. The van der Waals surface area contributed by atoms with E-state index < -0.39 is 11.6 Å². The van der Waals surface area contributed by atoms with Crippen LogP contribution < -0.4 is 15.5 Å². The van der Waals surface area contributed by atoms with Gasteiger partial charge in [-0.25, -0.2) is 13.8 Å². The minimum absolute atomic E-state index is 0.111. The number of nitrogens with zero attached hydrogens (tertiary/aromatic N) is 3. The van der Waals surface area contributed by atoms with E-state index in [1.165, 1.54) is 18.2 Å². The summed E-state index contributed by atoms with van der Waals surface area (Å²) < 4.78 is 33.3. The number of benzene rings is 2. The molecular formula is C21H21F2N5O. The Bertz CT molecular complexity index is 988. The number of hydrogen-bond donors (Lipinski definition) is 2. The molecule has 1 aliphatic rings. The lowest BCUT2D eigenvalue weighted by molar-refractivity contribution is 0.123. The topological polar surface area (TPSA) is 62.3 Å². The monoisotopic (exact) mass is 397 g/mol. The Morgan fingerprint density at radius 3 is 2.41 bits per heavy atom. The number of aromatic nitrogens is 2. The Morgan fingerprint density at radius 1 is 0.931 bits per heavy atom. The molecule has 1 fully saturated rings. The van der Waals surface area contributed by atoms with E-state index in [1.807, 2.05) is 24.3 Å². The number of halogens is 2. The van der Waals surface area contributed by atoms with Crippen LogP contribution in [0.2, 0.25) is 0 Å². The number of aryl methyl sites for hydroxylation is 1. The average Bonchev–Trinajstić information content (AvgIpc) is 2.72. The van der Waals surface area contributed by atoms with E-state index in [4.69, 9.17) is 4.74 Å². The molecule has 0 radical (unpaired) electrons. The van der Waals surface area contributed by atoms with Crippen molar-refractivity contribution in [2.24, 2.45) is 0 Å². The van der Waals surface area contributed by atoms with Crippen LogP contribution in [0.1, 0.15) is 5.69 Å². The Labute approximate surface area is 167 Å². The molecule has 0 atom stereocenters. The Kier molecular flexibility index (Phi) is 5.53. The highest BCUT2D eigenvalue weighted by atomic mass is 19.1. The number of morpholine rings is 1. The molecule has 2 aromatic carbocycles. The summed E-state index contributed by atoms with van der Waals surface area (Å²) in [5, 5.41) is 5.95. The van der Waals surface area contributed by atoms with Gasteiger partial charge in [0.25, 0.3) is 0 Å². The zero-order valence-electron chi connectivity index (χ0n) is 16.0. The van der Waals surface area contributed by atoms with Gasteiger partial charge in [0.2, 0.25) is 5.95 Å². The van der Waals surface area contributed by atoms with Crippen LogP contribution in [0.4, 0.5) is 37.6 Å². The number of rotatable bonds is 5. The minimum Gasteiger partial charge on any atom is -0.378 e. The SMILES string of the molecule is Cc1cc(Nc2ccccc2N2CCOCC2)nc(Nc2c(F)cccc2F)n1. The summed E-state index contributed by atoms with van der Waals surface area (Å²) in [5.41, 5.74) is 2.31. The van der Waals surface area contributed by atoms with E-state index >= 15 is 0 Å². The fraction of sp³-hybridized carbons (Fsp3) is 0.238. The second kappa shape index (κ2) is 8.40. The number of ether oxygens (including phenoxy) is 1. The van der Waals surface area contributed by atoms with Gasteiger partial charge in [-0.2, -0.15) is 4.98 Å². The van der Waals surface area contributed by atoms with Gasteiger partial charge in [0, 0.05) is 24.8 Å². The van der Waals surface area contributed by atoms with Crippen molar-refractivity contribution in [1.82, 2.24) is 9.97 Å². The van der Waals surface area contributed by atoms with Gasteiger partial charge in [0.05, 0.1) is 24.6 Å². The van der Waals surface area contributed by atoms with Gasteiger partial charge in [0.15, 0.2) is 0 Å². The van der Waals surface area contributed by atoms with Crippen LogP contribution in [-0.4, -0.2) is 36.3 Å². The summed E-state index contributed by atoms with van der Waals surface area (Å²) in [6, 6.07) is 13.4. The smallest absolute Gasteiger partial charge is 0.229 e. The van der Waals surface area contributed by atoms with Crippen molar-refractivity contribution in [2.45, 2.75) is 6.92 Å². The normalized spacial score (nSPS) is 14.0. The van der Waals surface area contributed by atoms with Gasteiger partial charge >= 0.3 is 0 Å². The van der Waals surface area contributed by atoms with E-state index in [0.29, 0.717) is 24.7 Å². The van der Waals surface area contributed by atoms with Crippen LogP contribution in [0, 0.1) is 18.6 Å². The van der Waals surface area contributed by atoms with Gasteiger partial charge in [0.1, 0.15) is 23.1 Å². The zero-order valence-corrected chi connectivity index (χ0v) is 16.0. The maximum atomic E-state index is 14.0. The van der Waals surface area contributed by atoms with Crippen molar-refractivity contribution >= 4 is 28.8 Å². The van der Waals surface area contributed by atoms with Crippen molar-refractivity contribution in [3.8, 4) is 0 Å². The maximum Gasteiger partial charge on any atom is 0.229 e. The van der Waals surface area contributed by atoms with E-state index in [9.17, 15) is 8.78 Å². The van der Waals surface area contributed by atoms with Crippen LogP contribution in [0.3, 0.4) is 0 Å². The first-order valence-electron chi connectivity index (χ1n) is 9.35. The Morgan fingerprint density at radius 2 is 1.66 bits per heavy atom. The van der Waals surface area contributed by atoms with Gasteiger partial charge in [-0.05, 0) is 31.2 Å². The van der Waals surface area contributed by atoms with Crippen LogP contribution in [0.5, 0.6) is 0 Å². The molecule has 1 aliphatic heterocycles.